The standard InChI is InChI=1S/C14H18FNO5S/c1-22(18,19)21-13-7-12(8-15)16(9-13)14(17)20-10-11-5-3-2-4-6-11/h2-6,12-13H,7-10H2,1H3/t12-,13-/m0/s1. The minimum atomic E-state index is -3.64. The molecular formula is C14H18FNO5S. The summed E-state index contributed by atoms with van der Waals surface area (Å²) in [6, 6.07) is 8.37. The van der Waals surface area contributed by atoms with Crippen molar-refractivity contribution in [3.8, 4) is 0 Å². The Kier molecular flexibility index (Phi) is 5.36. The van der Waals surface area contributed by atoms with E-state index in [4.69, 9.17) is 8.92 Å². The number of hydrogen-bond acceptors (Lipinski definition) is 5. The van der Waals surface area contributed by atoms with Gasteiger partial charge in [-0.05, 0) is 12.0 Å². The molecule has 1 aliphatic heterocycles. The average Bonchev–Trinajstić information content (AvgIpc) is 2.86. The van der Waals surface area contributed by atoms with Gasteiger partial charge in [-0.25, -0.2) is 9.18 Å². The van der Waals surface area contributed by atoms with Gasteiger partial charge in [0.1, 0.15) is 13.3 Å². The van der Waals surface area contributed by atoms with Crippen LogP contribution in [0.3, 0.4) is 0 Å². The molecule has 1 aromatic rings. The first-order valence-corrected chi connectivity index (χ1v) is 8.62. The molecular weight excluding hydrogens is 313 g/mol. The molecule has 1 fully saturated rings. The van der Waals surface area contributed by atoms with E-state index in [2.05, 4.69) is 0 Å². The van der Waals surface area contributed by atoms with Crippen LogP contribution in [0, 0.1) is 0 Å². The monoisotopic (exact) mass is 331 g/mol. The molecule has 0 saturated carbocycles. The van der Waals surface area contributed by atoms with E-state index < -0.39 is 35.0 Å². The van der Waals surface area contributed by atoms with E-state index in [0.717, 1.165) is 11.8 Å². The fraction of sp³-hybridized carbons (Fsp3) is 0.500. The van der Waals surface area contributed by atoms with Gasteiger partial charge in [0.15, 0.2) is 0 Å². The molecule has 1 amide bonds. The van der Waals surface area contributed by atoms with E-state index in [-0.39, 0.29) is 19.6 Å². The fourth-order valence-corrected chi connectivity index (χ4v) is 3.00. The minimum absolute atomic E-state index is 0.00468. The molecule has 0 spiro atoms. The molecule has 2 atom stereocenters. The van der Waals surface area contributed by atoms with E-state index in [1.165, 1.54) is 4.90 Å². The first-order valence-electron chi connectivity index (χ1n) is 6.80. The van der Waals surface area contributed by atoms with Crippen molar-refractivity contribution in [2.75, 3.05) is 19.5 Å². The van der Waals surface area contributed by atoms with Gasteiger partial charge in [-0.15, -0.1) is 0 Å². The zero-order valence-corrected chi connectivity index (χ0v) is 13.0. The summed E-state index contributed by atoms with van der Waals surface area (Å²) in [5.41, 5.74) is 0.816. The maximum atomic E-state index is 13.0. The van der Waals surface area contributed by atoms with Gasteiger partial charge in [-0.1, -0.05) is 30.3 Å². The summed E-state index contributed by atoms with van der Waals surface area (Å²) in [6.45, 7) is -0.702. The molecule has 0 unspecified atom stereocenters. The van der Waals surface area contributed by atoms with E-state index in [1.54, 1.807) is 12.1 Å². The zero-order chi connectivity index (χ0) is 16.2. The van der Waals surface area contributed by atoms with E-state index in [9.17, 15) is 17.6 Å². The second-order valence-electron chi connectivity index (χ2n) is 5.16. The predicted molar refractivity (Wildman–Crippen MR) is 77.4 cm³/mol. The summed E-state index contributed by atoms with van der Waals surface area (Å²) in [5, 5.41) is 0. The van der Waals surface area contributed by atoms with Crippen LogP contribution < -0.4 is 0 Å². The quantitative estimate of drug-likeness (QED) is 0.768. The van der Waals surface area contributed by atoms with Gasteiger partial charge in [-0.2, -0.15) is 8.42 Å². The summed E-state index contributed by atoms with van der Waals surface area (Å²) in [7, 11) is -3.64. The number of halogens is 1. The number of carbonyl (C=O) groups excluding carboxylic acids is 1. The highest BCUT2D eigenvalue weighted by atomic mass is 32.2. The smallest absolute Gasteiger partial charge is 0.410 e. The third kappa shape index (κ3) is 4.67. The number of amides is 1. The SMILES string of the molecule is CS(=O)(=O)O[C@H]1C[C@@H](CF)N(C(=O)OCc2ccccc2)C1. The van der Waals surface area contributed by atoms with Gasteiger partial charge in [0.25, 0.3) is 10.1 Å². The average molecular weight is 331 g/mol. The van der Waals surface area contributed by atoms with Gasteiger partial charge in [0.2, 0.25) is 0 Å². The lowest BCUT2D eigenvalue weighted by molar-refractivity contribution is 0.0853. The van der Waals surface area contributed by atoms with Gasteiger partial charge >= 0.3 is 6.09 Å². The lowest BCUT2D eigenvalue weighted by atomic mass is 10.2. The predicted octanol–water partition coefficient (Wildman–Crippen LogP) is 1.71. The Bertz CT molecular complexity index is 607. The second kappa shape index (κ2) is 7.06. The molecule has 8 heteroatoms. The molecule has 0 aliphatic carbocycles. The Morgan fingerprint density at radius 2 is 2.05 bits per heavy atom. The highest BCUT2D eigenvalue weighted by molar-refractivity contribution is 7.86. The molecule has 0 aromatic heterocycles. The van der Waals surface area contributed by atoms with Gasteiger partial charge < -0.3 is 4.74 Å². The largest absolute Gasteiger partial charge is 0.445 e. The van der Waals surface area contributed by atoms with Crippen molar-refractivity contribution in [1.82, 2.24) is 4.90 Å². The molecule has 0 radical (unpaired) electrons. The van der Waals surface area contributed by atoms with Crippen LogP contribution in [0.15, 0.2) is 30.3 Å². The summed E-state index contributed by atoms with van der Waals surface area (Å²) in [5.74, 6) is 0. The van der Waals surface area contributed by atoms with Crippen LogP contribution in [0.4, 0.5) is 9.18 Å². The Morgan fingerprint density at radius 1 is 1.36 bits per heavy atom. The van der Waals surface area contributed by atoms with Crippen molar-refractivity contribution in [3.63, 3.8) is 0 Å². The summed E-state index contributed by atoms with van der Waals surface area (Å²) < 4.78 is 45.2. The number of alkyl halides is 1. The van der Waals surface area contributed by atoms with Crippen LogP contribution in [0.1, 0.15) is 12.0 Å². The van der Waals surface area contributed by atoms with E-state index in [1.807, 2.05) is 18.2 Å². The number of rotatable bonds is 5. The number of benzene rings is 1. The van der Waals surface area contributed by atoms with Crippen molar-refractivity contribution in [3.05, 3.63) is 35.9 Å². The van der Waals surface area contributed by atoms with Crippen molar-refractivity contribution >= 4 is 16.2 Å². The number of likely N-dealkylation sites (tertiary alicyclic amines) is 1. The maximum Gasteiger partial charge on any atom is 0.410 e. The van der Waals surface area contributed by atoms with Crippen LogP contribution in [0.2, 0.25) is 0 Å². The summed E-state index contributed by atoms with van der Waals surface area (Å²) >= 11 is 0. The van der Waals surface area contributed by atoms with E-state index >= 15 is 0 Å². The summed E-state index contributed by atoms with van der Waals surface area (Å²) in [4.78, 5) is 13.2. The second-order valence-corrected chi connectivity index (χ2v) is 6.76. The van der Waals surface area contributed by atoms with Crippen LogP contribution in [-0.2, 0) is 25.6 Å². The molecule has 1 saturated heterocycles. The first-order chi connectivity index (χ1) is 10.4. The third-order valence-corrected chi connectivity index (χ3v) is 3.93. The Labute approximate surface area is 128 Å². The number of carbonyl (C=O) groups is 1. The van der Waals surface area contributed by atoms with E-state index in [0.29, 0.717) is 0 Å². The van der Waals surface area contributed by atoms with Crippen molar-refractivity contribution in [2.24, 2.45) is 0 Å². The molecule has 1 aromatic carbocycles. The Balaban J connectivity index is 1.93. The zero-order valence-electron chi connectivity index (χ0n) is 12.1. The summed E-state index contributed by atoms with van der Waals surface area (Å²) in [6.07, 6.45) is -0.358. The molecule has 0 bridgehead atoms. The van der Waals surface area contributed by atoms with Crippen LogP contribution in [0.5, 0.6) is 0 Å². The Morgan fingerprint density at radius 3 is 2.64 bits per heavy atom. The number of nitrogens with zero attached hydrogens (tertiary/aromatic N) is 1. The van der Waals surface area contributed by atoms with Crippen LogP contribution in [-0.4, -0.2) is 51.0 Å². The minimum Gasteiger partial charge on any atom is -0.445 e. The topological polar surface area (TPSA) is 72.9 Å². The lowest BCUT2D eigenvalue weighted by Gasteiger charge is -2.21. The normalized spacial score (nSPS) is 21.8. The van der Waals surface area contributed by atoms with Gasteiger partial charge in [-0.3, -0.25) is 9.08 Å². The third-order valence-electron chi connectivity index (χ3n) is 3.30. The van der Waals surface area contributed by atoms with Crippen molar-refractivity contribution in [1.29, 1.82) is 0 Å². The number of hydrogen-bond donors (Lipinski definition) is 0. The molecule has 6 nitrogen and oxygen atoms in total. The van der Waals surface area contributed by atoms with Crippen molar-refractivity contribution < 1.29 is 26.5 Å². The first kappa shape index (κ1) is 16.7. The molecule has 2 rings (SSSR count). The molecule has 22 heavy (non-hydrogen) atoms. The fourth-order valence-electron chi connectivity index (χ4n) is 2.36. The molecule has 1 aliphatic rings. The lowest BCUT2D eigenvalue weighted by Crippen LogP contribution is -2.37. The maximum absolute atomic E-state index is 13.0. The van der Waals surface area contributed by atoms with Gasteiger partial charge in [0.05, 0.1) is 24.9 Å². The van der Waals surface area contributed by atoms with Crippen LogP contribution >= 0.6 is 0 Å². The highest BCUT2D eigenvalue weighted by Gasteiger charge is 2.38. The molecule has 1 heterocycles. The molecule has 122 valence electrons. The highest BCUT2D eigenvalue weighted by Crippen LogP contribution is 2.23. The number of ether oxygens (including phenoxy) is 1. The Hall–Kier alpha value is -1.67. The van der Waals surface area contributed by atoms with Crippen LogP contribution in [0.25, 0.3) is 0 Å². The van der Waals surface area contributed by atoms with Gasteiger partial charge in [0, 0.05) is 0 Å². The molecule has 0 N–H and O–H groups in total. The van der Waals surface area contributed by atoms with Crippen molar-refractivity contribution in [2.45, 2.75) is 25.2 Å².